The summed E-state index contributed by atoms with van der Waals surface area (Å²) in [5.41, 5.74) is 10.7. The van der Waals surface area contributed by atoms with Crippen molar-refractivity contribution in [3.8, 4) is 16.9 Å². The maximum atomic E-state index is 13.0. The molecule has 6 nitrogen and oxygen atoms in total. The molecule has 6 heteroatoms. The number of fused-ring (bicyclic) bond motifs is 1. The standard InChI is InChI=1S/C24H23N3O3/c1-27-22-12-11-17(30-2)14-19(22)23(28)26-21(24(27)29)13-15-7-9-16(10-8-15)18-5-3-4-6-20(18)25/h3-12,14,21H,13,25H2,1-2H3,(H,26,28). The molecule has 0 aliphatic carbocycles. The number of likely N-dealkylation sites (N-methyl/N-ethyl adjacent to an activating group) is 1. The fraction of sp³-hybridized carbons (Fsp3) is 0.167. The largest absolute Gasteiger partial charge is 0.497 e. The molecule has 0 saturated carbocycles. The van der Waals surface area contributed by atoms with Crippen LogP contribution in [0.3, 0.4) is 0 Å². The SMILES string of the molecule is COc1ccc2c(c1)C(=O)NC(Cc1ccc(-c3ccccc3N)cc1)C(=O)N2C. The first-order valence-electron chi connectivity index (χ1n) is 9.68. The average Bonchev–Trinajstić information content (AvgIpc) is 2.85. The summed E-state index contributed by atoms with van der Waals surface area (Å²) in [4.78, 5) is 27.3. The highest BCUT2D eigenvalue weighted by Crippen LogP contribution is 2.29. The third-order valence-corrected chi connectivity index (χ3v) is 5.41. The lowest BCUT2D eigenvalue weighted by molar-refractivity contribution is -0.120. The minimum Gasteiger partial charge on any atom is -0.497 e. The molecule has 152 valence electrons. The van der Waals surface area contributed by atoms with E-state index >= 15 is 0 Å². The number of carbonyl (C=O) groups is 2. The molecule has 0 bridgehead atoms. The van der Waals surface area contributed by atoms with Crippen molar-refractivity contribution >= 4 is 23.2 Å². The molecule has 0 saturated heterocycles. The van der Waals surface area contributed by atoms with E-state index in [1.54, 1.807) is 32.4 Å². The maximum Gasteiger partial charge on any atom is 0.254 e. The van der Waals surface area contributed by atoms with Gasteiger partial charge in [-0.25, -0.2) is 0 Å². The number of nitrogens with zero attached hydrogens (tertiary/aromatic N) is 1. The summed E-state index contributed by atoms with van der Waals surface area (Å²) >= 11 is 0. The van der Waals surface area contributed by atoms with Crippen molar-refractivity contribution in [3.05, 3.63) is 77.9 Å². The number of hydrogen-bond acceptors (Lipinski definition) is 4. The Labute approximate surface area is 175 Å². The van der Waals surface area contributed by atoms with Crippen molar-refractivity contribution < 1.29 is 14.3 Å². The molecular weight excluding hydrogens is 378 g/mol. The molecule has 3 N–H and O–H groups in total. The number of nitrogens with one attached hydrogen (secondary N) is 1. The number of amides is 2. The van der Waals surface area contributed by atoms with Gasteiger partial charge in [0.05, 0.1) is 18.4 Å². The number of para-hydroxylation sites is 1. The second-order valence-electron chi connectivity index (χ2n) is 7.29. The van der Waals surface area contributed by atoms with Gasteiger partial charge in [0.2, 0.25) is 5.91 Å². The van der Waals surface area contributed by atoms with Crippen molar-refractivity contribution in [2.24, 2.45) is 0 Å². The molecule has 0 radical (unpaired) electrons. The van der Waals surface area contributed by atoms with Gasteiger partial charge in [-0.3, -0.25) is 9.59 Å². The summed E-state index contributed by atoms with van der Waals surface area (Å²) in [6.07, 6.45) is 0.393. The third kappa shape index (κ3) is 3.59. The van der Waals surface area contributed by atoms with Gasteiger partial charge >= 0.3 is 0 Å². The molecule has 1 unspecified atom stereocenters. The van der Waals surface area contributed by atoms with E-state index in [0.29, 0.717) is 29.1 Å². The number of nitrogens with two attached hydrogens (primary N) is 1. The predicted octanol–water partition coefficient (Wildman–Crippen LogP) is 3.26. The number of carbonyl (C=O) groups excluding carboxylic acids is 2. The second kappa shape index (κ2) is 7.91. The second-order valence-corrected chi connectivity index (χ2v) is 7.29. The molecule has 30 heavy (non-hydrogen) atoms. The maximum absolute atomic E-state index is 13.0. The van der Waals surface area contributed by atoms with Crippen LogP contribution in [0, 0.1) is 0 Å². The molecule has 0 fully saturated rings. The first-order chi connectivity index (χ1) is 14.5. The average molecular weight is 401 g/mol. The molecule has 1 aliphatic rings. The molecule has 1 aliphatic heterocycles. The number of anilines is 2. The lowest BCUT2D eigenvalue weighted by Gasteiger charge is -2.21. The Morgan fingerprint density at radius 1 is 1.00 bits per heavy atom. The minimum atomic E-state index is -0.659. The Hall–Kier alpha value is -3.80. The summed E-state index contributed by atoms with van der Waals surface area (Å²) in [5.74, 6) is 0.114. The van der Waals surface area contributed by atoms with Crippen molar-refractivity contribution in [1.29, 1.82) is 0 Å². The summed E-state index contributed by atoms with van der Waals surface area (Å²) < 4.78 is 5.22. The van der Waals surface area contributed by atoms with E-state index in [1.807, 2.05) is 48.5 Å². The highest BCUT2D eigenvalue weighted by molar-refractivity contribution is 6.11. The molecule has 3 aromatic carbocycles. The van der Waals surface area contributed by atoms with Gasteiger partial charge in [-0.1, -0.05) is 42.5 Å². The monoisotopic (exact) mass is 401 g/mol. The van der Waals surface area contributed by atoms with Crippen LogP contribution in [-0.2, 0) is 11.2 Å². The topological polar surface area (TPSA) is 84.7 Å². The van der Waals surface area contributed by atoms with Gasteiger partial charge in [-0.2, -0.15) is 0 Å². The molecule has 3 aromatic rings. The van der Waals surface area contributed by atoms with E-state index in [9.17, 15) is 9.59 Å². The molecule has 2 amide bonds. The van der Waals surface area contributed by atoms with Crippen LogP contribution in [0.15, 0.2) is 66.7 Å². The first-order valence-corrected chi connectivity index (χ1v) is 9.68. The highest BCUT2D eigenvalue weighted by Gasteiger charge is 2.32. The lowest BCUT2D eigenvalue weighted by atomic mass is 9.99. The van der Waals surface area contributed by atoms with E-state index in [2.05, 4.69) is 5.32 Å². The third-order valence-electron chi connectivity index (χ3n) is 5.41. The van der Waals surface area contributed by atoms with Crippen molar-refractivity contribution in [2.75, 3.05) is 24.8 Å². The number of methoxy groups -OCH3 is 1. The fourth-order valence-electron chi connectivity index (χ4n) is 3.72. The zero-order chi connectivity index (χ0) is 21.3. The van der Waals surface area contributed by atoms with Crippen LogP contribution < -0.4 is 20.7 Å². The number of nitrogen functional groups attached to an aromatic ring is 1. The van der Waals surface area contributed by atoms with Gasteiger partial charge in [0, 0.05) is 24.7 Å². The quantitative estimate of drug-likeness (QED) is 0.657. The molecular formula is C24H23N3O3. The van der Waals surface area contributed by atoms with Crippen LogP contribution in [-0.4, -0.2) is 32.0 Å². The van der Waals surface area contributed by atoms with Gasteiger partial charge in [0.1, 0.15) is 11.8 Å². The molecule has 0 spiro atoms. The van der Waals surface area contributed by atoms with Crippen molar-refractivity contribution in [2.45, 2.75) is 12.5 Å². The highest BCUT2D eigenvalue weighted by atomic mass is 16.5. The molecule has 4 rings (SSSR count). The van der Waals surface area contributed by atoms with E-state index in [1.165, 1.54) is 4.90 Å². The van der Waals surface area contributed by atoms with Crippen LogP contribution in [0.25, 0.3) is 11.1 Å². The number of hydrogen-bond donors (Lipinski definition) is 2. The lowest BCUT2D eigenvalue weighted by Crippen LogP contribution is -2.45. The zero-order valence-corrected chi connectivity index (χ0v) is 16.9. The van der Waals surface area contributed by atoms with Gasteiger partial charge in [0.25, 0.3) is 5.91 Å². The van der Waals surface area contributed by atoms with Crippen LogP contribution in [0.2, 0.25) is 0 Å². The Balaban J connectivity index is 1.57. The smallest absolute Gasteiger partial charge is 0.254 e. The van der Waals surface area contributed by atoms with E-state index in [4.69, 9.17) is 10.5 Å². The summed E-state index contributed by atoms with van der Waals surface area (Å²) in [6, 6.07) is 20.0. The Morgan fingerprint density at radius 2 is 1.73 bits per heavy atom. The fourth-order valence-corrected chi connectivity index (χ4v) is 3.72. The van der Waals surface area contributed by atoms with Crippen molar-refractivity contribution in [1.82, 2.24) is 5.32 Å². The Morgan fingerprint density at radius 3 is 2.43 bits per heavy atom. The number of rotatable bonds is 4. The van der Waals surface area contributed by atoms with Crippen molar-refractivity contribution in [3.63, 3.8) is 0 Å². The summed E-state index contributed by atoms with van der Waals surface area (Å²) in [7, 11) is 3.23. The van der Waals surface area contributed by atoms with Crippen LogP contribution in [0.4, 0.5) is 11.4 Å². The van der Waals surface area contributed by atoms with E-state index < -0.39 is 6.04 Å². The summed E-state index contributed by atoms with van der Waals surface area (Å²) in [6.45, 7) is 0. The molecule has 0 aromatic heterocycles. The number of benzene rings is 3. The predicted molar refractivity (Wildman–Crippen MR) is 118 cm³/mol. The first kappa shape index (κ1) is 19.5. The van der Waals surface area contributed by atoms with Crippen LogP contribution >= 0.6 is 0 Å². The Bertz CT molecular complexity index is 1110. The normalized spacial score (nSPS) is 15.9. The minimum absolute atomic E-state index is 0.163. The molecule has 1 atom stereocenters. The van der Waals surface area contributed by atoms with Gasteiger partial charge in [-0.05, 0) is 35.4 Å². The van der Waals surface area contributed by atoms with Gasteiger partial charge < -0.3 is 20.7 Å². The molecule has 1 heterocycles. The van der Waals surface area contributed by atoms with Crippen LogP contribution in [0.5, 0.6) is 5.75 Å². The summed E-state index contributed by atoms with van der Waals surface area (Å²) in [5, 5.41) is 2.86. The van der Waals surface area contributed by atoms with Gasteiger partial charge in [-0.15, -0.1) is 0 Å². The van der Waals surface area contributed by atoms with Gasteiger partial charge in [0.15, 0.2) is 0 Å². The van der Waals surface area contributed by atoms with E-state index in [0.717, 1.165) is 16.7 Å². The zero-order valence-electron chi connectivity index (χ0n) is 16.9. The van der Waals surface area contributed by atoms with E-state index in [-0.39, 0.29) is 11.8 Å². The Kier molecular flexibility index (Phi) is 5.14. The number of ether oxygens (including phenoxy) is 1. The van der Waals surface area contributed by atoms with Crippen LogP contribution in [0.1, 0.15) is 15.9 Å².